The van der Waals surface area contributed by atoms with E-state index in [1.807, 2.05) is 11.3 Å². The molecule has 4 rings (SSSR count). The van der Waals surface area contributed by atoms with Crippen molar-refractivity contribution in [2.45, 2.75) is 13.0 Å². The Kier molecular flexibility index (Phi) is 2.86. The zero-order chi connectivity index (χ0) is 14.4. The van der Waals surface area contributed by atoms with Crippen LogP contribution in [0.5, 0.6) is 0 Å². The average molecular weight is 291 g/mol. The summed E-state index contributed by atoms with van der Waals surface area (Å²) in [5.41, 5.74) is 2.73. The van der Waals surface area contributed by atoms with E-state index in [2.05, 4.69) is 79.7 Å². The standard InChI is InChI=1S/C19H17NS/c1-13-10-11-20(2)17(12-13)16-8-5-7-15-14-6-3-4-9-18(14)21-19(15)16/h3-12,17H,1-2H3. The van der Waals surface area contributed by atoms with Crippen molar-refractivity contribution in [3.05, 3.63) is 72.0 Å². The van der Waals surface area contributed by atoms with Crippen LogP contribution in [0.4, 0.5) is 0 Å². The molecule has 0 fully saturated rings. The Morgan fingerprint density at radius 3 is 2.71 bits per heavy atom. The number of likely N-dealkylation sites (N-methyl/N-ethyl adjacent to an activating group) is 1. The molecule has 0 radical (unpaired) electrons. The van der Waals surface area contributed by atoms with Crippen LogP contribution in [0.15, 0.2) is 66.4 Å². The molecule has 21 heavy (non-hydrogen) atoms. The third-order valence-electron chi connectivity index (χ3n) is 4.19. The van der Waals surface area contributed by atoms with Gasteiger partial charge in [-0.15, -0.1) is 11.3 Å². The predicted molar refractivity (Wildman–Crippen MR) is 92.7 cm³/mol. The molecular weight excluding hydrogens is 274 g/mol. The monoisotopic (exact) mass is 291 g/mol. The summed E-state index contributed by atoms with van der Waals surface area (Å²) in [6.45, 7) is 2.17. The highest BCUT2D eigenvalue weighted by atomic mass is 32.1. The first-order chi connectivity index (χ1) is 10.2. The van der Waals surface area contributed by atoms with E-state index >= 15 is 0 Å². The van der Waals surface area contributed by atoms with Crippen molar-refractivity contribution in [2.24, 2.45) is 0 Å². The Bertz CT molecular complexity index is 885. The predicted octanol–water partition coefficient (Wildman–Crippen LogP) is 5.50. The Morgan fingerprint density at radius 1 is 1.00 bits per heavy atom. The van der Waals surface area contributed by atoms with E-state index in [0.717, 1.165) is 0 Å². The summed E-state index contributed by atoms with van der Waals surface area (Å²) in [5, 5.41) is 2.75. The lowest BCUT2D eigenvalue weighted by molar-refractivity contribution is 0.390. The second-order valence-corrected chi connectivity index (χ2v) is 6.71. The molecule has 3 aromatic rings. The quantitative estimate of drug-likeness (QED) is 0.572. The lowest BCUT2D eigenvalue weighted by atomic mass is 9.99. The molecule has 1 aromatic heterocycles. The summed E-state index contributed by atoms with van der Waals surface area (Å²) in [5.74, 6) is 0. The van der Waals surface area contributed by atoms with Gasteiger partial charge in [-0.25, -0.2) is 0 Å². The van der Waals surface area contributed by atoms with Crippen LogP contribution in [0.2, 0.25) is 0 Å². The Hall–Kier alpha value is -2.06. The number of fused-ring (bicyclic) bond motifs is 3. The fourth-order valence-corrected chi connectivity index (χ4v) is 4.31. The van der Waals surface area contributed by atoms with Crippen molar-refractivity contribution in [3.8, 4) is 0 Å². The summed E-state index contributed by atoms with van der Waals surface area (Å²) in [4.78, 5) is 2.28. The summed E-state index contributed by atoms with van der Waals surface area (Å²) in [6, 6.07) is 15.7. The topological polar surface area (TPSA) is 3.24 Å². The largest absolute Gasteiger partial charge is 0.370 e. The number of allylic oxidation sites excluding steroid dienone is 2. The minimum Gasteiger partial charge on any atom is -0.370 e. The molecular formula is C19H17NS. The Labute approximate surface area is 128 Å². The third-order valence-corrected chi connectivity index (χ3v) is 5.42. The maximum Gasteiger partial charge on any atom is 0.0737 e. The molecule has 1 unspecified atom stereocenters. The van der Waals surface area contributed by atoms with Crippen molar-refractivity contribution in [2.75, 3.05) is 7.05 Å². The molecule has 1 aliphatic heterocycles. The number of benzene rings is 2. The summed E-state index contributed by atoms with van der Waals surface area (Å²) in [7, 11) is 2.15. The van der Waals surface area contributed by atoms with E-state index in [4.69, 9.17) is 0 Å². The average Bonchev–Trinajstić information content (AvgIpc) is 2.88. The van der Waals surface area contributed by atoms with Gasteiger partial charge >= 0.3 is 0 Å². The second-order valence-electron chi connectivity index (χ2n) is 5.66. The molecule has 0 N–H and O–H groups in total. The van der Waals surface area contributed by atoms with Gasteiger partial charge in [-0.05, 0) is 30.8 Å². The molecule has 0 aliphatic carbocycles. The van der Waals surface area contributed by atoms with Crippen molar-refractivity contribution < 1.29 is 0 Å². The number of hydrogen-bond donors (Lipinski definition) is 0. The van der Waals surface area contributed by atoms with Gasteiger partial charge in [-0.3, -0.25) is 0 Å². The second kappa shape index (κ2) is 4.74. The lowest BCUT2D eigenvalue weighted by Gasteiger charge is -2.28. The van der Waals surface area contributed by atoms with Crippen molar-refractivity contribution in [1.29, 1.82) is 0 Å². The van der Waals surface area contributed by atoms with Crippen LogP contribution < -0.4 is 0 Å². The minimum absolute atomic E-state index is 0.326. The number of nitrogens with zero attached hydrogens (tertiary/aromatic N) is 1. The summed E-state index contributed by atoms with van der Waals surface area (Å²) < 4.78 is 2.78. The lowest BCUT2D eigenvalue weighted by Crippen LogP contribution is -2.19. The highest BCUT2D eigenvalue weighted by Crippen LogP contribution is 2.40. The van der Waals surface area contributed by atoms with Gasteiger partial charge in [-0.1, -0.05) is 48.0 Å². The van der Waals surface area contributed by atoms with Crippen molar-refractivity contribution in [1.82, 2.24) is 4.90 Å². The third kappa shape index (κ3) is 1.98. The molecule has 2 aromatic carbocycles. The van der Waals surface area contributed by atoms with E-state index in [1.165, 1.54) is 31.3 Å². The zero-order valence-corrected chi connectivity index (χ0v) is 13.0. The molecule has 0 saturated heterocycles. The maximum absolute atomic E-state index is 2.35. The summed E-state index contributed by atoms with van der Waals surface area (Å²) in [6.07, 6.45) is 6.69. The van der Waals surface area contributed by atoms with Gasteiger partial charge in [0.1, 0.15) is 0 Å². The zero-order valence-electron chi connectivity index (χ0n) is 12.2. The number of thiophene rings is 1. The first-order valence-electron chi connectivity index (χ1n) is 7.23. The van der Waals surface area contributed by atoms with Gasteiger partial charge in [0.05, 0.1) is 6.04 Å². The molecule has 104 valence electrons. The molecule has 0 bridgehead atoms. The molecule has 0 saturated carbocycles. The summed E-state index contributed by atoms with van der Waals surface area (Å²) >= 11 is 1.91. The fourth-order valence-electron chi connectivity index (χ4n) is 3.06. The normalized spacial score (nSPS) is 18.5. The highest BCUT2D eigenvalue weighted by Gasteiger charge is 2.19. The fraction of sp³-hybridized carbons (Fsp3) is 0.158. The van der Waals surface area contributed by atoms with Crippen LogP contribution >= 0.6 is 11.3 Å². The van der Waals surface area contributed by atoms with E-state index in [9.17, 15) is 0 Å². The SMILES string of the molecule is CC1=CC(c2cccc3c2sc2ccccc23)N(C)C=C1. The van der Waals surface area contributed by atoms with Gasteiger partial charge < -0.3 is 4.90 Å². The van der Waals surface area contributed by atoms with Crippen LogP contribution in [0.3, 0.4) is 0 Å². The van der Waals surface area contributed by atoms with Gasteiger partial charge in [-0.2, -0.15) is 0 Å². The van der Waals surface area contributed by atoms with Crippen LogP contribution in [-0.2, 0) is 0 Å². The highest BCUT2D eigenvalue weighted by molar-refractivity contribution is 7.26. The van der Waals surface area contributed by atoms with Crippen LogP contribution in [-0.4, -0.2) is 11.9 Å². The smallest absolute Gasteiger partial charge is 0.0737 e. The van der Waals surface area contributed by atoms with E-state index in [0.29, 0.717) is 6.04 Å². The van der Waals surface area contributed by atoms with Crippen LogP contribution in [0, 0.1) is 0 Å². The van der Waals surface area contributed by atoms with Gasteiger partial charge in [0.15, 0.2) is 0 Å². The van der Waals surface area contributed by atoms with E-state index < -0.39 is 0 Å². The van der Waals surface area contributed by atoms with Crippen LogP contribution in [0.1, 0.15) is 18.5 Å². The molecule has 1 atom stereocenters. The number of rotatable bonds is 1. The first-order valence-corrected chi connectivity index (χ1v) is 8.04. The Balaban J connectivity index is 1.99. The van der Waals surface area contributed by atoms with Crippen LogP contribution in [0.25, 0.3) is 20.2 Å². The van der Waals surface area contributed by atoms with E-state index in [-0.39, 0.29) is 0 Å². The van der Waals surface area contributed by atoms with Crippen molar-refractivity contribution >= 4 is 31.5 Å². The molecule has 1 aliphatic rings. The molecule has 1 nitrogen and oxygen atoms in total. The van der Waals surface area contributed by atoms with Gasteiger partial charge in [0.25, 0.3) is 0 Å². The van der Waals surface area contributed by atoms with Gasteiger partial charge in [0.2, 0.25) is 0 Å². The minimum atomic E-state index is 0.326. The maximum atomic E-state index is 2.35. The first kappa shape index (κ1) is 12.7. The molecule has 0 amide bonds. The number of hydrogen-bond acceptors (Lipinski definition) is 2. The Morgan fingerprint density at radius 2 is 1.81 bits per heavy atom. The molecule has 2 heterocycles. The van der Waals surface area contributed by atoms with E-state index in [1.54, 1.807) is 0 Å². The molecule has 2 heteroatoms. The van der Waals surface area contributed by atoms with Gasteiger partial charge in [0, 0.05) is 27.2 Å². The van der Waals surface area contributed by atoms with Crippen molar-refractivity contribution in [3.63, 3.8) is 0 Å². The molecule has 0 spiro atoms.